The number of carbonyl (C=O) groups is 2. The molecule has 0 aliphatic heterocycles. The third kappa shape index (κ3) is 6.89. The molecule has 0 unspecified atom stereocenters. The van der Waals surface area contributed by atoms with Gasteiger partial charge >= 0.3 is 5.97 Å². The van der Waals surface area contributed by atoms with Crippen LogP contribution in [0.1, 0.15) is 22.8 Å². The van der Waals surface area contributed by atoms with Crippen molar-refractivity contribution in [3.8, 4) is 11.5 Å². The number of benzene rings is 3. The number of carbonyl (C=O) groups excluding carboxylic acids is 2. The van der Waals surface area contributed by atoms with Gasteiger partial charge in [0, 0.05) is 16.8 Å². The molecule has 0 aromatic heterocycles. The van der Waals surface area contributed by atoms with Gasteiger partial charge in [-0.1, -0.05) is 30.3 Å². The molecule has 0 saturated carbocycles. The van der Waals surface area contributed by atoms with Crippen LogP contribution in [0.5, 0.6) is 11.5 Å². The van der Waals surface area contributed by atoms with E-state index in [0.29, 0.717) is 42.4 Å². The Morgan fingerprint density at radius 3 is 1.87 bits per heavy atom. The third-order valence-corrected chi connectivity index (χ3v) is 4.37. The Kier molecular flexibility index (Phi) is 8.05. The van der Waals surface area contributed by atoms with Crippen molar-refractivity contribution in [2.24, 2.45) is 0 Å². The lowest BCUT2D eigenvalue weighted by atomic mass is 10.0. The van der Waals surface area contributed by atoms with Gasteiger partial charge in [-0.15, -0.1) is 0 Å². The molecule has 0 heterocycles. The van der Waals surface area contributed by atoms with Gasteiger partial charge in [0.25, 0.3) is 0 Å². The minimum atomic E-state index is -0.294. The maximum atomic E-state index is 12.4. The summed E-state index contributed by atoms with van der Waals surface area (Å²) in [4.78, 5) is 23.8. The van der Waals surface area contributed by atoms with E-state index in [2.05, 4.69) is 5.32 Å². The topological polar surface area (TPSA) is 73.9 Å². The van der Waals surface area contributed by atoms with Crippen LogP contribution in [0.3, 0.4) is 0 Å². The Balaban J connectivity index is 1.39. The zero-order chi connectivity index (χ0) is 21.9. The van der Waals surface area contributed by atoms with Crippen molar-refractivity contribution >= 4 is 17.4 Å². The zero-order valence-corrected chi connectivity index (χ0v) is 17.4. The van der Waals surface area contributed by atoms with E-state index in [1.807, 2.05) is 42.5 Å². The molecule has 0 spiro atoms. The molecule has 3 aromatic carbocycles. The highest BCUT2D eigenvalue weighted by atomic mass is 16.5. The van der Waals surface area contributed by atoms with Crippen LogP contribution in [0.4, 0.5) is 5.69 Å². The highest BCUT2D eigenvalue weighted by Crippen LogP contribution is 2.17. The van der Waals surface area contributed by atoms with Gasteiger partial charge in [0.2, 0.25) is 0 Å². The zero-order valence-electron chi connectivity index (χ0n) is 17.4. The predicted octanol–water partition coefficient (Wildman–Crippen LogP) is 4.35. The minimum absolute atomic E-state index is 0.0179. The lowest BCUT2D eigenvalue weighted by Gasteiger charge is -2.10. The Bertz CT molecular complexity index is 969. The van der Waals surface area contributed by atoms with Crippen LogP contribution in [0.25, 0.3) is 0 Å². The first kappa shape index (κ1) is 21.9. The molecule has 0 atom stereocenters. The molecule has 31 heavy (non-hydrogen) atoms. The van der Waals surface area contributed by atoms with Crippen LogP contribution >= 0.6 is 0 Å². The van der Waals surface area contributed by atoms with Crippen LogP contribution in [0.15, 0.2) is 78.9 Å². The summed E-state index contributed by atoms with van der Waals surface area (Å²) in [6.07, 6.45) is 0. The van der Waals surface area contributed by atoms with E-state index < -0.39 is 0 Å². The summed E-state index contributed by atoms with van der Waals surface area (Å²) in [6.45, 7) is 3.01. The molecule has 3 rings (SSSR count). The van der Waals surface area contributed by atoms with Crippen LogP contribution < -0.4 is 14.8 Å². The Hall–Kier alpha value is -3.80. The van der Waals surface area contributed by atoms with Crippen LogP contribution in [-0.4, -0.2) is 38.1 Å². The molecule has 0 radical (unpaired) electrons. The normalized spacial score (nSPS) is 10.2. The molecule has 0 saturated heterocycles. The molecular formula is C25H25NO5. The van der Waals surface area contributed by atoms with Crippen molar-refractivity contribution in [2.45, 2.75) is 6.92 Å². The van der Waals surface area contributed by atoms with Gasteiger partial charge in [0.1, 0.15) is 31.3 Å². The average Bonchev–Trinajstić information content (AvgIpc) is 2.82. The summed E-state index contributed by atoms with van der Waals surface area (Å²) in [5.41, 5.74) is 2.08. The van der Waals surface area contributed by atoms with Crippen LogP contribution in [-0.2, 0) is 9.53 Å². The van der Waals surface area contributed by atoms with Gasteiger partial charge in [0.15, 0.2) is 5.78 Å². The maximum absolute atomic E-state index is 12.4. The van der Waals surface area contributed by atoms with E-state index in [-0.39, 0.29) is 18.3 Å². The Labute approximate surface area is 181 Å². The van der Waals surface area contributed by atoms with Gasteiger partial charge in [-0.3, -0.25) is 9.59 Å². The van der Waals surface area contributed by atoms with Crippen LogP contribution in [0, 0.1) is 0 Å². The molecule has 1 N–H and O–H groups in total. The summed E-state index contributed by atoms with van der Waals surface area (Å²) < 4.78 is 16.2. The smallest absolute Gasteiger partial charge is 0.325 e. The van der Waals surface area contributed by atoms with Crippen molar-refractivity contribution in [1.82, 2.24) is 0 Å². The SMILES string of the molecule is CCOC(=O)CNc1ccc(OCCOc2ccc(C(=O)c3ccccc3)cc2)cc1. The number of hydrogen-bond donors (Lipinski definition) is 1. The second kappa shape index (κ2) is 11.4. The van der Waals surface area contributed by atoms with Gasteiger partial charge in [0.05, 0.1) is 6.61 Å². The molecule has 0 amide bonds. The van der Waals surface area contributed by atoms with Crippen molar-refractivity contribution in [1.29, 1.82) is 0 Å². The number of ketones is 1. The second-order valence-corrected chi connectivity index (χ2v) is 6.60. The van der Waals surface area contributed by atoms with Gasteiger partial charge in [-0.05, 0) is 55.5 Å². The molecule has 0 aliphatic carbocycles. The Morgan fingerprint density at radius 2 is 1.29 bits per heavy atom. The first-order valence-corrected chi connectivity index (χ1v) is 10.1. The third-order valence-electron chi connectivity index (χ3n) is 4.37. The second-order valence-electron chi connectivity index (χ2n) is 6.60. The van der Waals surface area contributed by atoms with Crippen molar-refractivity contribution in [2.75, 3.05) is 31.7 Å². The highest BCUT2D eigenvalue weighted by Gasteiger charge is 2.08. The number of hydrogen-bond acceptors (Lipinski definition) is 6. The number of nitrogens with one attached hydrogen (secondary N) is 1. The summed E-state index contributed by atoms with van der Waals surface area (Å²) in [7, 11) is 0. The van der Waals surface area contributed by atoms with Crippen molar-refractivity contribution in [3.63, 3.8) is 0 Å². The Morgan fingerprint density at radius 1 is 0.742 bits per heavy atom. The fourth-order valence-corrected chi connectivity index (χ4v) is 2.83. The summed E-state index contributed by atoms with van der Waals surface area (Å²) in [5, 5.41) is 2.99. The molecular weight excluding hydrogens is 394 g/mol. The molecule has 0 aliphatic rings. The van der Waals surface area contributed by atoms with E-state index >= 15 is 0 Å². The summed E-state index contributed by atoms with van der Waals surface area (Å²) >= 11 is 0. The van der Waals surface area contributed by atoms with Crippen LogP contribution in [0.2, 0.25) is 0 Å². The maximum Gasteiger partial charge on any atom is 0.325 e. The fourth-order valence-electron chi connectivity index (χ4n) is 2.83. The van der Waals surface area contributed by atoms with E-state index in [9.17, 15) is 9.59 Å². The van der Waals surface area contributed by atoms with E-state index in [1.54, 1.807) is 43.3 Å². The van der Waals surface area contributed by atoms with Gasteiger partial charge in [-0.2, -0.15) is 0 Å². The van der Waals surface area contributed by atoms with Crippen molar-refractivity contribution in [3.05, 3.63) is 90.0 Å². The minimum Gasteiger partial charge on any atom is -0.490 e. The fraction of sp³-hybridized carbons (Fsp3) is 0.200. The number of esters is 1. The quantitative estimate of drug-likeness (QED) is 0.283. The van der Waals surface area contributed by atoms with Crippen molar-refractivity contribution < 1.29 is 23.8 Å². The number of rotatable bonds is 11. The standard InChI is InChI=1S/C25H25NO5/c1-2-29-24(27)18-26-21-10-14-23(15-11-21)31-17-16-30-22-12-8-20(9-13-22)25(28)19-6-4-3-5-7-19/h3-15,26H,2,16-18H2,1H3. The monoisotopic (exact) mass is 419 g/mol. The average molecular weight is 419 g/mol. The van der Waals surface area contributed by atoms with Gasteiger partial charge < -0.3 is 19.5 Å². The lowest BCUT2D eigenvalue weighted by Crippen LogP contribution is -2.16. The number of ether oxygens (including phenoxy) is 3. The largest absolute Gasteiger partial charge is 0.490 e. The molecule has 3 aromatic rings. The molecule has 0 fully saturated rings. The van der Waals surface area contributed by atoms with E-state index in [0.717, 1.165) is 5.69 Å². The van der Waals surface area contributed by atoms with Gasteiger partial charge in [-0.25, -0.2) is 0 Å². The molecule has 6 nitrogen and oxygen atoms in total. The summed E-state index contributed by atoms with van der Waals surface area (Å²) in [5.74, 6) is 1.06. The molecule has 0 bridgehead atoms. The van der Waals surface area contributed by atoms with E-state index in [4.69, 9.17) is 14.2 Å². The number of anilines is 1. The van der Waals surface area contributed by atoms with E-state index in [1.165, 1.54) is 0 Å². The lowest BCUT2D eigenvalue weighted by molar-refractivity contribution is -0.140. The molecule has 6 heteroatoms. The highest BCUT2D eigenvalue weighted by molar-refractivity contribution is 6.08. The summed E-state index contributed by atoms with van der Waals surface area (Å²) in [6, 6.07) is 23.5. The first-order chi connectivity index (χ1) is 15.2. The first-order valence-electron chi connectivity index (χ1n) is 10.1. The predicted molar refractivity (Wildman–Crippen MR) is 119 cm³/mol. The molecule has 160 valence electrons.